The summed E-state index contributed by atoms with van der Waals surface area (Å²) in [5.74, 6) is -0.572. The molecular weight excluding hydrogens is 250 g/mol. The molecule has 100 valence electrons. The van der Waals surface area contributed by atoms with Gasteiger partial charge in [-0.05, 0) is 23.5 Å². The van der Waals surface area contributed by atoms with E-state index in [0.717, 1.165) is 19.5 Å². The van der Waals surface area contributed by atoms with Gasteiger partial charge in [-0.2, -0.15) is 0 Å². The summed E-state index contributed by atoms with van der Waals surface area (Å²) in [6.45, 7) is 5.54. The number of aliphatic carboxylic acids is 1. The van der Waals surface area contributed by atoms with E-state index in [1.165, 1.54) is 11.1 Å². The second kappa shape index (κ2) is 6.21. The number of hydrogen-bond acceptors (Lipinski definition) is 2. The molecule has 0 saturated heterocycles. The van der Waals surface area contributed by atoms with Crippen LogP contribution in [0.25, 0.3) is 0 Å². The molecule has 1 unspecified atom stereocenters. The summed E-state index contributed by atoms with van der Waals surface area (Å²) >= 11 is 0. The highest BCUT2D eigenvalue weighted by Gasteiger charge is 2.30. The van der Waals surface area contributed by atoms with Crippen molar-refractivity contribution in [2.24, 2.45) is 5.92 Å². The summed E-state index contributed by atoms with van der Waals surface area (Å²) < 4.78 is 0. The third-order valence-electron chi connectivity index (χ3n) is 3.44. The highest BCUT2D eigenvalue weighted by Crippen LogP contribution is 2.23. The van der Waals surface area contributed by atoms with Crippen molar-refractivity contribution in [3.05, 3.63) is 35.4 Å². The SMILES string of the molecule is CC(C)C(C(=O)O)N1CCc2ccccc2C1.Cl. The molecule has 0 bridgehead atoms. The van der Waals surface area contributed by atoms with E-state index >= 15 is 0 Å². The molecule has 3 nitrogen and oxygen atoms in total. The van der Waals surface area contributed by atoms with Gasteiger partial charge in [-0.3, -0.25) is 9.69 Å². The smallest absolute Gasteiger partial charge is 0.321 e. The van der Waals surface area contributed by atoms with Crippen LogP contribution in [0.3, 0.4) is 0 Å². The van der Waals surface area contributed by atoms with Gasteiger partial charge in [0.25, 0.3) is 0 Å². The fourth-order valence-corrected chi connectivity index (χ4v) is 2.62. The molecule has 1 aliphatic heterocycles. The van der Waals surface area contributed by atoms with Crippen LogP contribution in [-0.4, -0.2) is 28.6 Å². The maximum Gasteiger partial charge on any atom is 0.321 e. The first-order valence-electron chi connectivity index (χ1n) is 6.13. The molecule has 2 rings (SSSR count). The van der Waals surface area contributed by atoms with Gasteiger partial charge in [0.05, 0.1) is 0 Å². The minimum atomic E-state index is -0.709. The minimum Gasteiger partial charge on any atom is -0.480 e. The first-order valence-corrected chi connectivity index (χ1v) is 6.13. The highest BCUT2D eigenvalue weighted by molar-refractivity contribution is 5.85. The van der Waals surface area contributed by atoms with Crippen molar-refractivity contribution in [3.8, 4) is 0 Å². The van der Waals surface area contributed by atoms with Crippen molar-refractivity contribution in [3.63, 3.8) is 0 Å². The van der Waals surface area contributed by atoms with E-state index in [1.54, 1.807) is 0 Å². The lowest BCUT2D eigenvalue weighted by Crippen LogP contribution is -2.46. The maximum absolute atomic E-state index is 11.3. The van der Waals surface area contributed by atoms with Crippen molar-refractivity contribution >= 4 is 18.4 Å². The van der Waals surface area contributed by atoms with Gasteiger partial charge in [-0.1, -0.05) is 38.1 Å². The summed E-state index contributed by atoms with van der Waals surface area (Å²) in [6, 6.07) is 7.93. The first-order chi connectivity index (χ1) is 8.09. The van der Waals surface area contributed by atoms with Crippen LogP contribution < -0.4 is 0 Å². The van der Waals surface area contributed by atoms with E-state index in [4.69, 9.17) is 0 Å². The number of hydrogen-bond donors (Lipinski definition) is 1. The van der Waals surface area contributed by atoms with Crippen LogP contribution in [-0.2, 0) is 17.8 Å². The molecule has 0 saturated carbocycles. The van der Waals surface area contributed by atoms with Crippen molar-refractivity contribution < 1.29 is 9.90 Å². The summed E-state index contributed by atoms with van der Waals surface area (Å²) in [6.07, 6.45) is 0.951. The van der Waals surface area contributed by atoms with E-state index in [-0.39, 0.29) is 24.4 Å². The molecule has 1 aromatic carbocycles. The van der Waals surface area contributed by atoms with Crippen LogP contribution in [0.1, 0.15) is 25.0 Å². The molecule has 1 aliphatic rings. The van der Waals surface area contributed by atoms with Gasteiger partial charge in [0, 0.05) is 13.1 Å². The van der Waals surface area contributed by atoms with E-state index in [9.17, 15) is 9.90 Å². The van der Waals surface area contributed by atoms with E-state index < -0.39 is 5.97 Å². The van der Waals surface area contributed by atoms with Gasteiger partial charge in [0.15, 0.2) is 0 Å². The molecule has 1 atom stereocenters. The molecule has 0 aliphatic carbocycles. The average molecular weight is 270 g/mol. The van der Waals surface area contributed by atoms with Gasteiger partial charge in [0.1, 0.15) is 6.04 Å². The third kappa shape index (κ3) is 3.03. The van der Waals surface area contributed by atoms with Crippen LogP contribution in [0.2, 0.25) is 0 Å². The Bertz CT molecular complexity index is 420. The lowest BCUT2D eigenvalue weighted by Gasteiger charge is -2.35. The number of halogens is 1. The number of benzene rings is 1. The predicted molar refractivity (Wildman–Crippen MR) is 74.1 cm³/mol. The zero-order chi connectivity index (χ0) is 12.4. The van der Waals surface area contributed by atoms with Crippen LogP contribution >= 0.6 is 12.4 Å². The number of carboxylic acid groups (broad SMARTS) is 1. The molecule has 0 spiro atoms. The van der Waals surface area contributed by atoms with Crippen molar-refractivity contribution in [1.29, 1.82) is 0 Å². The monoisotopic (exact) mass is 269 g/mol. The Morgan fingerprint density at radius 2 is 1.89 bits per heavy atom. The number of rotatable bonds is 3. The molecule has 4 heteroatoms. The number of carboxylic acids is 1. The predicted octanol–water partition coefficient (Wildman–Crippen LogP) is 2.58. The van der Waals surface area contributed by atoms with Crippen LogP contribution in [0.15, 0.2) is 24.3 Å². The Morgan fingerprint density at radius 1 is 1.28 bits per heavy atom. The van der Waals surface area contributed by atoms with Crippen molar-refractivity contribution in [1.82, 2.24) is 4.90 Å². The molecule has 1 aromatic rings. The van der Waals surface area contributed by atoms with Gasteiger partial charge >= 0.3 is 5.97 Å². The molecule has 18 heavy (non-hydrogen) atoms. The summed E-state index contributed by atoms with van der Waals surface area (Å²) in [7, 11) is 0. The zero-order valence-corrected chi connectivity index (χ0v) is 11.6. The second-order valence-electron chi connectivity index (χ2n) is 5.02. The number of nitrogens with zero attached hydrogens (tertiary/aromatic N) is 1. The Hall–Kier alpha value is -1.06. The maximum atomic E-state index is 11.3. The van der Waals surface area contributed by atoms with E-state index in [0.29, 0.717) is 0 Å². The standard InChI is InChI=1S/C14H19NO2.ClH/c1-10(2)13(14(16)17)15-8-7-11-5-3-4-6-12(11)9-15;/h3-6,10,13H,7-9H2,1-2H3,(H,16,17);1H. The summed E-state index contributed by atoms with van der Waals surface area (Å²) in [4.78, 5) is 13.4. The molecule has 0 aromatic heterocycles. The van der Waals surface area contributed by atoms with Crippen LogP contribution in [0.4, 0.5) is 0 Å². The fraction of sp³-hybridized carbons (Fsp3) is 0.500. The molecule has 0 radical (unpaired) electrons. The number of carbonyl (C=O) groups is 1. The minimum absolute atomic E-state index is 0. The van der Waals surface area contributed by atoms with Crippen LogP contribution in [0, 0.1) is 5.92 Å². The largest absolute Gasteiger partial charge is 0.480 e. The topological polar surface area (TPSA) is 40.5 Å². The average Bonchev–Trinajstić information content (AvgIpc) is 2.28. The van der Waals surface area contributed by atoms with Gasteiger partial charge in [-0.25, -0.2) is 0 Å². The molecular formula is C14H20ClNO2. The normalized spacial score (nSPS) is 16.8. The molecule has 1 N–H and O–H groups in total. The number of fused-ring (bicyclic) bond motifs is 1. The summed E-state index contributed by atoms with van der Waals surface area (Å²) in [5, 5.41) is 9.30. The Balaban J connectivity index is 0.00000162. The molecule has 0 amide bonds. The Kier molecular flexibility index (Phi) is 5.17. The van der Waals surface area contributed by atoms with E-state index in [1.807, 2.05) is 26.0 Å². The van der Waals surface area contributed by atoms with Crippen LogP contribution in [0.5, 0.6) is 0 Å². The van der Waals surface area contributed by atoms with Crippen molar-refractivity contribution in [2.75, 3.05) is 6.54 Å². The summed E-state index contributed by atoms with van der Waals surface area (Å²) in [5.41, 5.74) is 2.63. The second-order valence-corrected chi connectivity index (χ2v) is 5.02. The lowest BCUT2D eigenvalue weighted by molar-refractivity contribution is -0.145. The highest BCUT2D eigenvalue weighted by atomic mass is 35.5. The molecule has 0 fully saturated rings. The Morgan fingerprint density at radius 3 is 2.44 bits per heavy atom. The quantitative estimate of drug-likeness (QED) is 0.917. The first kappa shape index (κ1) is 15.0. The van der Waals surface area contributed by atoms with E-state index in [2.05, 4.69) is 17.0 Å². The molecule has 1 heterocycles. The van der Waals surface area contributed by atoms with Gasteiger partial charge in [-0.15, -0.1) is 12.4 Å². The Labute approximate surface area is 114 Å². The lowest BCUT2D eigenvalue weighted by atomic mass is 9.95. The van der Waals surface area contributed by atoms with Crippen molar-refractivity contribution in [2.45, 2.75) is 32.9 Å². The fourth-order valence-electron chi connectivity index (χ4n) is 2.62. The zero-order valence-electron chi connectivity index (χ0n) is 10.8. The van der Waals surface area contributed by atoms with Gasteiger partial charge < -0.3 is 5.11 Å². The van der Waals surface area contributed by atoms with Gasteiger partial charge in [0.2, 0.25) is 0 Å². The third-order valence-corrected chi connectivity index (χ3v) is 3.44.